The largest absolute Gasteiger partial charge is 0.497 e. The molecule has 1 N–H and O–H groups in total. The molecular weight excluding hydrogens is 370 g/mol. The molecule has 0 fully saturated rings. The number of amides is 1. The van der Waals surface area contributed by atoms with E-state index in [2.05, 4.69) is 17.3 Å². The predicted octanol–water partition coefficient (Wildman–Crippen LogP) is 3.86. The van der Waals surface area contributed by atoms with Crippen LogP contribution in [0.5, 0.6) is 11.5 Å². The summed E-state index contributed by atoms with van der Waals surface area (Å²) in [7, 11) is 3.09. The minimum Gasteiger partial charge on any atom is -0.497 e. The normalized spacial score (nSPS) is 10.7. The lowest BCUT2D eigenvalue weighted by Crippen LogP contribution is -2.27. The zero-order chi connectivity index (χ0) is 20.8. The fourth-order valence-electron chi connectivity index (χ4n) is 3.14. The summed E-state index contributed by atoms with van der Waals surface area (Å²) < 4.78 is 11.9. The number of hydrogen-bond donors (Lipinski definition) is 1. The fourth-order valence-corrected chi connectivity index (χ4v) is 3.14. The van der Waals surface area contributed by atoms with Gasteiger partial charge in [-0.3, -0.25) is 9.59 Å². The average Bonchev–Trinajstić information content (AvgIpc) is 2.75. The Kier molecular flexibility index (Phi) is 6.49. The molecule has 0 saturated carbocycles. The maximum absolute atomic E-state index is 13.1. The molecule has 0 aliphatic heterocycles. The lowest BCUT2D eigenvalue weighted by atomic mass is 10.1. The zero-order valence-corrected chi connectivity index (χ0v) is 16.9. The molecule has 0 bridgehead atoms. The third-order valence-electron chi connectivity index (χ3n) is 4.67. The summed E-state index contributed by atoms with van der Waals surface area (Å²) in [5.74, 6) is 0.713. The Balaban J connectivity index is 2.01. The second-order valence-corrected chi connectivity index (χ2v) is 6.69. The molecule has 2 aromatic carbocycles. The van der Waals surface area contributed by atoms with Gasteiger partial charge in [-0.15, -0.1) is 0 Å². The van der Waals surface area contributed by atoms with E-state index in [0.29, 0.717) is 34.5 Å². The van der Waals surface area contributed by atoms with Crippen molar-refractivity contribution in [2.45, 2.75) is 32.7 Å². The van der Waals surface area contributed by atoms with Gasteiger partial charge in [0.2, 0.25) is 0 Å². The van der Waals surface area contributed by atoms with Crippen molar-refractivity contribution in [3.8, 4) is 11.5 Å². The lowest BCUT2D eigenvalue weighted by molar-refractivity contribution is 0.102. The molecule has 0 saturated heterocycles. The Morgan fingerprint density at radius 2 is 1.69 bits per heavy atom. The molecular formula is C22H25N3O4. The van der Waals surface area contributed by atoms with E-state index in [9.17, 15) is 9.59 Å². The molecule has 3 rings (SSSR count). The Morgan fingerprint density at radius 1 is 1.03 bits per heavy atom. The molecule has 1 heterocycles. The number of ether oxygens (including phenoxy) is 2. The van der Waals surface area contributed by atoms with Gasteiger partial charge >= 0.3 is 0 Å². The number of rotatable bonds is 8. The van der Waals surface area contributed by atoms with Gasteiger partial charge in [0.05, 0.1) is 19.6 Å². The number of fused-ring (bicyclic) bond motifs is 1. The number of carbonyl (C=O) groups is 1. The number of nitrogens with one attached hydrogen (secondary N) is 1. The maximum atomic E-state index is 13.1. The summed E-state index contributed by atoms with van der Waals surface area (Å²) >= 11 is 0. The number of hydrogen-bond acceptors (Lipinski definition) is 5. The third kappa shape index (κ3) is 4.56. The van der Waals surface area contributed by atoms with Crippen molar-refractivity contribution in [3.05, 3.63) is 58.5 Å². The maximum Gasteiger partial charge on any atom is 0.276 e. The van der Waals surface area contributed by atoms with Gasteiger partial charge in [0.1, 0.15) is 11.5 Å². The summed E-state index contributed by atoms with van der Waals surface area (Å²) in [6, 6.07) is 12.1. The molecule has 1 amide bonds. The smallest absolute Gasteiger partial charge is 0.276 e. The van der Waals surface area contributed by atoms with Gasteiger partial charge in [0.25, 0.3) is 11.5 Å². The quantitative estimate of drug-likeness (QED) is 0.586. The lowest BCUT2D eigenvalue weighted by Gasteiger charge is -2.12. The van der Waals surface area contributed by atoms with Gasteiger partial charge < -0.3 is 14.8 Å². The summed E-state index contributed by atoms with van der Waals surface area (Å²) in [6.07, 6.45) is 2.86. The molecule has 0 aliphatic carbocycles. The highest BCUT2D eigenvalue weighted by Gasteiger charge is 2.17. The molecule has 0 radical (unpaired) electrons. The molecule has 7 heteroatoms. The number of aryl methyl sites for hydroxylation is 1. The van der Waals surface area contributed by atoms with E-state index in [1.54, 1.807) is 56.7 Å². The van der Waals surface area contributed by atoms with Crippen molar-refractivity contribution in [2.75, 3.05) is 19.5 Å². The molecule has 0 atom stereocenters. The van der Waals surface area contributed by atoms with Gasteiger partial charge in [0.15, 0.2) is 5.69 Å². The summed E-state index contributed by atoms with van der Waals surface area (Å²) in [5, 5.41) is 8.22. The molecule has 0 spiro atoms. The van der Waals surface area contributed by atoms with E-state index < -0.39 is 5.91 Å². The number of carbonyl (C=O) groups excluding carboxylic acids is 1. The first-order valence-corrected chi connectivity index (χ1v) is 9.61. The topological polar surface area (TPSA) is 82.5 Å². The van der Waals surface area contributed by atoms with Crippen LogP contribution in [0.25, 0.3) is 10.8 Å². The summed E-state index contributed by atoms with van der Waals surface area (Å²) in [6.45, 7) is 2.57. The first kappa shape index (κ1) is 20.4. The average molecular weight is 395 g/mol. The van der Waals surface area contributed by atoms with Crippen LogP contribution in [0.4, 0.5) is 5.69 Å². The second kappa shape index (κ2) is 9.23. The Hall–Kier alpha value is -3.35. The van der Waals surface area contributed by atoms with Crippen LogP contribution in [0.3, 0.4) is 0 Å². The Labute approximate surface area is 169 Å². The highest BCUT2D eigenvalue weighted by Crippen LogP contribution is 2.26. The van der Waals surface area contributed by atoms with E-state index in [1.807, 2.05) is 0 Å². The number of aromatic nitrogens is 2. The van der Waals surface area contributed by atoms with Crippen molar-refractivity contribution in [1.29, 1.82) is 0 Å². The standard InChI is InChI=1S/C22H25N3O4/c1-4-5-8-11-25-22(27)19-10-7-6-9-18(19)20(24-25)21(26)23-15-12-16(28-2)14-17(13-15)29-3/h6-7,9-10,12-14H,4-5,8,11H2,1-3H3,(H,23,26). The minimum atomic E-state index is -0.402. The van der Waals surface area contributed by atoms with E-state index >= 15 is 0 Å². The van der Waals surface area contributed by atoms with Crippen LogP contribution in [-0.4, -0.2) is 29.9 Å². The Morgan fingerprint density at radius 3 is 2.31 bits per heavy atom. The number of unbranched alkanes of at least 4 members (excludes halogenated alkanes) is 2. The van der Waals surface area contributed by atoms with E-state index in [0.717, 1.165) is 19.3 Å². The van der Waals surface area contributed by atoms with E-state index in [4.69, 9.17) is 9.47 Å². The number of nitrogens with zero attached hydrogens (tertiary/aromatic N) is 2. The molecule has 0 unspecified atom stereocenters. The van der Waals surface area contributed by atoms with Crippen LogP contribution >= 0.6 is 0 Å². The van der Waals surface area contributed by atoms with Crippen LogP contribution < -0.4 is 20.3 Å². The highest BCUT2D eigenvalue weighted by atomic mass is 16.5. The minimum absolute atomic E-state index is 0.184. The van der Waals surface area contributed by atoms with Crippen molar-refractivity contribution in [1.82, 2.24) is 9.78 Å². The molecule has 29 heavy (non-hydrogen) atoms. The van der Waals surface area contributed by atoms with E-state index in [1.165, 1.54) is 4.68 Å². The molecule has 0 aliphatic rings. The van der Waals surface area contributed by atoms with Gasteiger partial charge in [-0.25, -0.2) is 4.68 Å². The van der Waals surface area contributed by atoms with Crippen LogP contribution in [0.1, 0.15) is 36.7 Å². The van der Waals surface area contributed by atoms with Gasteiger partial charge in [-0.1, -0.05) is 38.0 Å². The van der Waals surface area contributed by atoms with Gasteiger partial charge in [-0.05, 0) is 12.5 Å². The molecule has 7 nitrogen and oxygen atoms in total. The predicted molar refractivity (Wildman–Crippen MR) is 113 cm³/mol. The summed E-state index contributed by atoms with van der Waals surface area (Å²) in [4.78, 5) is 25.8. The van der Waals surface area contributed by atoms with E-state index in [-0.39, 0.29) is 11.3 Å². The van der Waals surface area contributed by atoms with Crippen molar-refractivity contribution in [3.63, 3.8) is 0 Å². The van der Waals surface area contributed by atoms with Crippen LogP contribution in [0.2, 0.25) is 0 Å². The second-order valence-electron chi connectivity index (χ2n) is 6.69. The SMILES string of the molecule is CCCCCn1nc(C(=O)Nc2cc(OC)cc(OC)c2)c2ccccc2c1=O. The van der Waals surface area contributed by atoms with Crippen LogP contribution in [-0.2, 0) is 6.54 Å². The zero-order valence-electron chi connectivity index (χ0n) is 16.9. The molecule has 152 valence electrons. The van der Waals surface area contributed by atoms with Gasteiger partial charge in [-0.2, -0.15) is 5.10 Å². The molecule has 1 aromatic heterocycles. The Bertz CT molecular complexity index is 1050. The van der Waals surface area contributed by atoms with Gasteiger partial charge in [0, 0.05) is 35.8 Å². The van der Waals surface area contributed by atoms with Crippen molar-refractivity contribution in [2.24, 2.45) is 0 Å². The number of anilines is 1. The monoisotopic (exact) mass is 395 g/mol. The third-order valence-corrected chi connectivity index (χ3v) is 4.67. The summed E-state index contributed by atoms with van der Waals surface area (Å²) in [5.41, 5.74) is 0.538. The van der Waals surface area contributed by atoms with Crippen molar-refractivity contribution >= 4 is 22.4 Å². The first-order valence-electron chi connectivity index (χ1n) is 9.61. The van der Waals surface area contributed by atoms with Crippen LogP contribution in [0.15, 0.2) is 47.3 Å². The fraction of sp³-hybridized carbons (Fsp3) is 0.318. The first-order chi connectivity index (χ1) is 14.1. The van der Waals surface area contributed by atoms with Crippen LogP contribution in [0, 0.1) is 0 Å². The molecule has 3 aromatic rings. The number of benzene rings is 2. The number of methoxy groups -OCH3 is 2. The highest BCUT2D eigenvalue weighted by molar-refractivity contribution is 6.11. The van der Waals surface area contributed by atoms with Crippen molar-refractivity contribution < 1.29 is 14.3 Å².